The molecule has 1 aliphatic carbocycles. The quantitative estimate of drug-likeness (QED) is 0.538. The topological polar surface area (TPSA) is 63.2 Å². The van der Waals surface area contributed by atoms with Crippen LogP contribution in [0, 0.1) is 0 Å². The van der Waals surface area contributed by atoms with Crippen molar-refractivity contribution in [1.82, 2.24) is 4.72 Å². The Morgan fingerprint density at radius 3 is 2.52 bits per heavy atom. The number of hydrogen-bond acceptors (Lipinski definition) is 4. The van der Waals surface area contributed by atoms with Crippen LogP contribution in [0.5, 0.6) is 0 Å². The van der Waals surface area contributed by atoms with E-state index in [0.29, 0.717) is 10.6 Å². The van der Waals surface area contributed by atoms with Crippen molar-refractivity contribution in [3.8, 4) is 11.1 Å². The summed E-state index contributed by atoms with van der Waals surface area (Å²) in [5.41, 5.74) is 3.34. The largest absolute Gasteiger partial charge is 0.299 e. The summed E-state index contributed by atoms with van der Waals surface area (Å²) in [5, 5.41) is 4.52. The van der Waals surface area contributed by atoms with Gasteiger partial charge >= 0.3 is 0 Å². The zero-order valence-electron chi connectivity index (χ0n) is 15.6. The van der Waals surface area contributed by atoms with Crippen molar-refractivity contribution in [3.63, 3.8) is 0 Å². The molecule has 29 heavy (non-hydrogen) atoms. The molecular formula is C22H20ClNO3S2. The molecule has 0 radical (unpaired) electrons. The number of carbonyl (C=O) groups excluding carboxylic acids is 1. The standard InChI is InChI=1S/C22H20ClNO3S2/c23-22-4-2-1-3-15(22)11-19(25)12-17-13-20(29(26,27)24-18-5-6-18)7-8-21(17)16-9-10-28-14-16/h1-4,7-10,13-14,18,24H,5-6,11-12H2. The SMILES string of the molecule is O=C(Cc1ccccc1Cl)Cc1cc(S(=O)(=O)NC2CC2)ccc1-c1ccsc1. The molecule has 2 aromatic carbocycles. The Morgan fingerprint density at radius 1 is 1.07 bits per heavy atom. The number of ketones is 1. The van der Waals surface area contributed by atoms with Gasteiger partial charge < -0.3 is 0 Å². The molecule has 1 aromatic heterocycles. The second-order valence-electron chi connectivity index (χ2n) is 7.21. The molecule has 1 heterocycles. The number of benzene rings is 2. The first kappa shape index (κ1) is 20.3. The first-order valence-corrected chi connectivity index (χ1v) is 12.2. The number of carbonyl (C=O) groups is 1. The molecule has 0 bridgehead atoms. The summed E-state index contributed by atoms with van der Waals surface area (Å²) in [6.07, 6.45) is 2.09. The molecule has 0 spiro atoms. The van der Waals surface area contributed by atoms with Crippen LogP contribution in [0.4, 0.5) is 0 Å². The molecule has 0 atom stereocenters. The number of sulfonamides is 1. The van der Waals surface area contributed by atoms with Crippen molar-refractivity contribution in [2.75, 3.05) is 0 Å². The fourth-order valence-electron chi connectivity index (χ4n) is 3.20. The molecule has 0 unspecified atom stereocenters. The molecule has 1 aliphatic rings. The van der Waals surface area contributed by atoms with Crippen molar-refractivity contribution in [3.05, 3.63) is 75.4 Å². The lowest BCUT2D eigenvalue weighted by atomic mass is 9.96. The minimum Gasteiger partial charge on any atom is -0.299 e. The highest BCUT2D eigenvalue weighted by atomic mass is 35.5. The van der Waals surface area contributed by atoms with Crippen molar-refractivity contribution < 1.29 is 13.2 Å². The van der Waals surface area contributed by atoms with Crippen molar-refractivity contribution in [2.45, 2.75) is 36.6 Å². The molecule has 1 N–H and O–H groups in total. The van der Waals surface area contributed by atoms with Crippen LogP contribution in [-0.2, 0) is 27.7 Å². The van der Waals surface area contributed by atoms with Crippen LogP contribution in [0.25, 0.3) is 11.1 Å². The summed E-state index contributed by atoms with van der Waals surface area (Å²) in [6, 6.07) is 14.3. The Morgan fingerprint density at radius 2 is 1.83 bits per heavy atom. The van der Waals surface area contributed by atoms with E-state index in [1.54, 1.807) is 35.6 Å². The van der Waals surface area contributed by atoms with Gasteiger partial charge in [-0.15, -0.1) is 0 Å². The zero-order valence-corrected chi connectivity index (χ0v) is 18.0. The molecule has 0 aliphatic heterocycles. The minimum atomic E-state index is -3.59. The second-order valence-corrected chi connectivity index (χ2v) is 10.1. The maximum atomic E-state index is 12.8. The molecule has 1 saturated carbocycles. The van der Waals surface area contributed by atoms with Gasteiger partial charge in [-0.2, -0.15) is 11.3 Å². The molecule has 0 amide bonds. The maximum Gasteiger partial charge on any atom is 0.240 e. The number of Topliss-reactive ketones (excluding diaryl/α,β-unsaturated/α-hetero) is 1. The van der Waals surface area contributed by atoms with E-state index in [-0.39, 0.29) is 29.6 Å². The summed E-state index contributed by atoms with van der Waals surface area (Å²) in [4.78, 5) is 13.0. The van der Waals surface area contributed by atoms with Crippen LogP contribution in [0.1, 0.15) is 24.0 Å². The van der Waals surface area contributed by atoms with Crippen LogP contribution >= 0.6 is 22.9 Å². The summed E-state index contributed by atoms with van der Waals surface area (Å²) in [5.74, 6) is -0.0146. The Balaban J connectivity index is 1.64. The van der Waals surface area contributed by atoms with Gasteiger partial charge in [0.05, 0.1) is 4.90 Å². The lowest BCUT2D eigenvalue weighted by Crippen LogP contribution is -2.25. The van der Waals surface area contributed by atoms with Crippen molar-refractivity contribution in [2.24, 2.45) is 0 Å². The predicted octanol–water partition coefficient (Wildman–Crippen LogP) is 4.86. The first-order valence-electron chi connectivity index (χ1n) is 9.35. The third-order valence-electron chi connectivity index (χ3n) is 4.85. The van der Waals surface area contributed by atoms with E-state index < -0.39 is 10.0 Å². The molecule has 4 nitrogen and oxygen atoms in total. The normalized spacial score (nSPS) is 14.1. The molecule has 3 aromatic rings. The molecule has 1 fully saturated rings. The highest BCUT2D eigenvalue weighted by Gasteiger charge is 2.28. The van der Waals surface area contributed by atoms with Gasteiger partial charge in [-0.25, -0.2) is 13.1 Å². The fraction of sp³-hybridized carbons (Fsp3) is 0.227. The predicted molar refractivity (Wildman–Crippen MR) is 117 cm³/mol. The maximum absolute atomic E-state index is 12.8. The molecule has 0 saturated heterocycles. The average molecular weight is 446 g/mol. The van der Waals surface area contributed by atoms with E-state index in [1.807, 2.05) is 35.0 Å². The third kappa shape index (κ3) is 4.95. The highest BCUT2D eigenvalue weighted by Crippen LogP contribution is 2.30. The third-order valence-corrected chi connectivity index (χ3v) is 7.42. The van der Waals surface area contributed by atoms with E-state index in [4.69, 9.17) is 11.6 Å². The number of rotatable bonds is 8. The van der Waals surface area contributed by atoms with Crippen molar-refractivity contribution >= 4 is 38.7 Å². The Labute approximate surface area is 179 Å². The van der Waals surface area contributed by atoms with Gasteiger partial charge in [0, 0.05) is 23.9 Å². The Kier molecular flexibility index (Phi) is 5.88. The highest BCUT2D eigenvalue weighted by molar-refractivity contribution is 7.89. The summed E-state index contributed by atoms with van der Waals surface area (Å²) >= 11 is 7.74. The molecular weight excluding hydrogens is 426 g/mol. The monoisotopic (exact) mass is 445 g/mol. The van der Waals surface area contributed by atoms with Gasteiger partial charge in [0.1, 0.15) is 5.78 Å². The molecule has 150 valence electrons. The Bertz CT molecular complexity index is 1140. The first-order chi connectivity index (χ1) is 13.9. The molecule has 4 rings (SSSR count). The van der Waals surface area contributed by atoms with Crippen LogP contribution in [0.3, 0.4) is 0 Å². The van der Waals surface area contributed by atoms with E-state index in [9.17, 15) is 13.2 Å². The molecule has 7 heteroatoms. The average Bonchev–Trinajstić information content (AvgIpc) is 3.31. The van der Waals surface area contributed by atoms with E-state index >= 15 is 0 Å². The van der Waals surface area contributed by atoms with E-state index in [1.165, 1.54) is 0 Å². The summed E-state index contributed by atoms with van der Waals surface area (Å²) in [6.45, 7) is 0. The van der Waals surface area contributed by atoms with Crippen LogP contribution in [-0.4, -0.2) is 20.2 Å². The Hall–Kier alpha value is -1.99. The van der Waals surface area contributed by atoms with Crippen LogP contribution in [0.15, 0.2) is 64.2 Å². The van der Waals surface area contributed by atoms with Gasteiger partial charge in [-0.1, -0.05) is 35.9 Å². The number of halogens is 1. The van der Waals surface area contributed by atoms with Gasteiger partial charge in [-0.05, 0) is 70.1 Å². The lowest BCUT2D eigenvalue weighted by molar-refractivity contribution is -0.117. The number of hydrogen-bond donors (Lipinski definition) is 1. The number of thiophene rings is 1. The summed E-state index contributed by atoms with van der Waals surface area (Å²) in [7, 11) is -3.59. The lowest BCUT2D eigenvalue weighted by Gasteiger charge is -2.12. The van der Waals surface area contributed by atoms with E-state index in [0.717, 1.165) is 29.5 Å². The van der Waals surface area contributed by atoms with Crippen molar-refractivity contribution in [1.29, 1.82) is 0 Å². The second kappa shape index (κ2) is 8.40. The smallest absolute Gasteiger partial charge is 0.240 e. The van der Waals surface area contributed by atoms with E-state index in [2.05, 4.69) is 4.72 Å². The summed E-state index contributed by atoms with van der Waals surface area (Å²) < 4.78 is 28.0. The van der Waals surface area contributed by atoms with Gasteiger partial charge in [0.15, 0.2) is 0 Å². The van der Waals surface area contributed by atoms with Gasteiger partial charge in [0.2, 0.25) is 10.0 Å². The zero-order chi connectivity index (χ0) is 20.4. The van der Waals surface area contributed by atoms with Crippen LogP contribution < -0.4 is 4.72 Å². The fourth-order valence-corrected chi connectivity index (χ4v) is 5.41. The van der Waals surface area contributed by atoms with Gasteiger partial charge in [0.25, 0.3) is 0 Å². The number of nitrogens with one attached hydrogen (secondary N) is 1. The minimum absolute atomic E-state index is 0.0146. The van der Waals surface area contributed by atoms with Gasteiger partial charge in [-0.3, -0.25) is 4.79 Å². The van der Waals surface area contributed by atoms with Crippen LogP contribution in [0.2, 0.25) is 5.02 Å².